The van der Waals surface area contributed by atoms with Crippen LogP contribution in [0.3, 0.4) is 0 Å². The van der Waals surface area contributed by atoms with E-state index in [1.54, 1.807) is 0 Å². The van der Waals surface area contributed by atoms with E-state index in [9.17, 15) is 39.6 Å². The normalized spacial score (nSPS) is 10.5. The van der Waals surface area contributed by atoms with Crippen LogP contribution in [0.25, 0.3) is 0 Å². The lowest BCUT2D eigenvalue weighted by Gasteiger charge is -2.15. The number of hydroxylamine groups is 6. The molecular formula is C23H44N6O8. The lowest BCUT2D eigenvalue weighted by Crippen LogP contribution is -2.32. The van der Waals surface area contributed by atoms with E-state index in [2.05, 4.69) is 10.6 Å². The quantitative estimate of drug-likeness (QED) is 0.0674. The van der Waals surface area contributed by atoms with Crippen LogP contribution < -0.4 is 16.4 Å². The summed E-state index contributed by atoms with van der Waals surface area (Å²) in [6.07, 6.45) is 3.85. The minimum Gasteiger partial charge on any atom is -0.356 e. The Labute approximate surface area is 218 Å². The van der Waals surface area contributed by atoms with Crippen molar-refractivity contribution in [3.63, 3.8) is 0 Å². The Bertz CT molecular complexity index is 709. The number of hydrogen-bond acceptors (Lipinski definition) is 9. The van der Waals surface area contributed by atoms with Crippen LogP contribution in [0.15, 0.2) is 0 Å². The van der Waals surface area contributed by atoms with Gasteiger partial charge in [-0.1, -0.05) is 6.42 Å². The van der Waals surface area contributed by atoms with Gasteiger partial charge in [-0.05, 0) is 45.1 Å². The molecule has 5 amide bonds. The third-order valence-corrected chi connectivity index (χ3v) is 5.38. The van der Waals surface area contributed by atoms with Crippen LogP contribution in [0.4, 0.5) is 0 Å². The predicted octanol–water partition coefficient (Wildman–Crippen LogP) is 0.142. The zero-order valence-electron chi connectivity index (χ0n) is 21.8. The molecule has 14 heteroatoms. The Morgan fingerprint density at radius 3 is 1.41 bits per heavy atom. The van der Waals surface area contributed by atoms with Gasteiger partial charge in [0.15, 0.2) is 0 Å². The molecule has 0 radical (unpaired) electrons. The van der Waals surface area contributed by atoms with E-state index in [1.807, 2.05) is 0 Å². The highest BCUT2D eigenvalue weighted by Gasteiger charge is 2.14. The van der Waals surface area contributed by atoms with E-state index in [4.69, 9.17) is 5.73 Å². The fourth-order valence-corrected chi connectivity index (χ4v) is 3.09. The molecular weight excluding hydrogens is 488 g/mol. The van der Waals surface area contributed by atoms with Crippen molar-refractivity contribution in [3.8, 4) is 0 Å². The lowest BCUT2D eigenvalue weighted by atomic mass is 10.2. The van der Waals surface area contributed by atoms with Gasteiger partial charge in [-0.3, -0.25) is 39.6 Å². The predicted molar refractivity (Wildman–Crippen MR) is 132 cm³/mol. The smallest absolute Gasteiger partial charge is 0.246 e. The van der Waals surface area contributed by atoms with Crippen LogP contribution in [0.1, 0.15) is 77.6 Å². The Balaban J connectivity index is 3.80. The lowest BCUT2D eigenvalue weighted by molar-refractivity contribution is -0.166. The van der Waals surface area contributed by atoms with Gasteiger partial charge in [0.1, 0.15) is 0 Å². The number of carbonyl (C=O) groups is 5. The second-order valence-corrected chi connectivity index (χ2v) is 8.64. The molecule has 0 atom stereocenters. The summed E-state index contributed by atoms with van der Waals surface area (Å²) in [5.41, 5.74) is 5.38. The summed E-state index contributed by atoms with van der Waals surface area (Å²) in [6, 6.07) is 0. The van der Waals surface area contributed by atoms with Gasteiger partial charge >= 0.3 is 0 Å². The first-order chi connectivity index (χ1) is 17.6. The van der Waals surface area contributed by atoms with E-state index in [0.29, 0.717) is 66.9 Å². The fraction of sp³-hybridized carbons (Fsp3) is 0.783. The molecule has 214 valence electrons. The minimum absolute atomic E-state index is 0.0479. The molecule has 0 fully saturated rings. The summed E-state index contributed by atoms with van der Waals surface area (Å²) in [4.78, 5) is 58.2. The molecule has 0 rings (SSSR count). The number of hydrogen-bond donors (Lipinski definition) is 6. The van der Waals surface area contributed by atoms with Gasteiger partial charge < -0.3 is 16.4 Å². The van der Waals surface area contributed by atoms with Crippen LogP contribution in [-0.2, 0) is 24.0 Å². The summed E-state index contributed by atoms with van der Waals surface area (Å²) in [7, 11) is 0. The van der Waals surface area contributed by atoms with Crippen molar-refractivity contribution in [1.82, 2.24) is 25.8 Å². The molecule has 0 aliphatic heterocycles. The molecule has 0 unspecified atom stereocenters. The van der Waals surface area contributed by atoms with Gasteiger partial charge in [0.25, 0.3) is 0 Å². The van der Waals surface area contributed by atoms with E-state index < -0.39 is 17.7 Å². The first kappa shape index (κ1) is 34.2. The first-order valence-electron chi connectivity index (χ1n) is 12.8. The second kappa shape index (κ2) is 21.3. The van der Waals surface area contributed by atoms with E-state index in [1.165, 1.54) is 6.92 Å². The van der Waals surface area contributed by atoms with E-state index in [-0.39, 0.29) is 57.1 Å². The van der Waals surface area contributed by atoms with Crippen molar-refractivity contribution in [2.24, 2.45) is 5.73 Å². The molecule has 0 heterocycles. The topological polar surface area (TPSA) is 206 Å². The molecule has 0 aromatic carbocycles. The maximum atomic E-state index is 11.9. The van der Waals surface area contributed by atoms with Crippen molar-refractivity contribution in [1.29, 1.82) is 0 Å². The average Bonchev–Trinajstić information content (AvgIpc) is 2.87. The first-order valence-corrected chi connectivity index (χ1v) is 12.8. The highest BCUT2D eigenvalue weighted by atomic mass is 16.5. The third-order valence-electron chi connectivity index (χ3n) is 5.38. The summed E-state index contributed by atoms with van der Waals surface area (Å²) in [5, 5.41) is 35.7. The van der Waals surface area contributed by atoms with Crippen molar-refractivity contribution in [2.45, 2.75) is 77.6 Å². The Kier molecular flexibility index (Phi) is 19.7. The molecule has 0 bridgehead atoms. The summed E-state index contributed by atoms with van der Waals surface area (Å²) < 4.78 is 0. The van der Waals surface area contributed by atoms with Gasteiger partial charge in [-0.2, -0.15) is 0 Å². The van der Waals surface area contributed by atoms with Crippen molar-refractivity contribution in [2.75, 3.05) is 39.3 Å². The number of amides is 5. The fourth-order valence-electron chi connectivity index (χ4n) is 3.09. The van der Waals surface area contributed by atoms with Gasteiger partial charge in [-0.25, -0.2) is 15.2 Å². The zero-order chi connectivity index (χ0) is 28.1. The maximum Gasteiger partial charge on any atom is 0.246 e. The molecule has 0 spiro atoms. The van der Waals surface area contributed by atoms with Gasteiger partial charge in [0, 0.05) is 65.3 Å². The Hall–Kier alpha value is -2.81. The summed E-state index contributed by atoms with van der Waals surface area (Å²) in [6.45, 7) is 2.87. The van der Waals surface area contributed by atoms with Gasteiger partial charge in [0.05, 0.1) is 0 Å². The number of rotatable bonds is 21. The monoisotopic (exact) mass is 532 g/mol. The molecule has 0 saturated carbocycles. The molecule has 37 heavy (non-hydrogen) atoms. The van der Waals surface area contributed by atoms with E-state index >= 15 is 0 Å². The summed E-state index contributed by atoms with van der Waals surface area (Å²) in [5.74, 6) is -2.24. The number of nitrogens with two attached hydrogens (primary N) is 1. The largest absolute Gasteiger partial charge is 0.356 e. The van der Waals surface area contributed by atoms with Crippen molar-refractivity contribution >= 4 is 29.5 Å². The molecule has 0 aliphatic rings. The van der Waals surface area contributed by atoms with E-state index in [0.717, 1.165) is 12.8 Å². The van der Waals surface area contributed by atoms with Crippen molar-refractivity contribution in [3.05, 3.63) is 0 Å². The number of nitrogens with one attached hydrogen (secondary N) is 2. The van der Waals surface area contributed by atoms with Crippen LogP contribution >= 0.6 is 0 Å². The molecule has 0 aromatic rings. The Morgan fingerprint density at radius 2 is 1.00 bits per heavy atom. The second-order valence-electron chi connectivity index (χ2n) is 8.64. The highest BCUT2D eigenvalue weighted by Crippen LogP contribution is 2.02. The average molecular weight is 533 g/mol. The molecule has 0 saturated heterocycles. The SMILES string of the molecule is CC(=O)N(O)CCCCNC(=O)CCC(=O)N(O)CCCCNC(=O)CCC(=O)N(O)CCCCCN. The van der Waals surface area contributed by atoms with Crippen LogP contribution in [0.5, 0.6) is 0 Å². The van der Waals surface area contributed by atoms with Crippen LogP contribution in [-0.4, -0.2) is 99.6 Å². The van der Waals surface area contributed by atoms with Crippen LogP contribution in [0.2, 0.25) is 0 Å². The summed E-state index contributed by atoms with van der Waals surface area (Å²) >= 11 is 0. The number of carbonyl (C=O) groups excluding carboxylic acids is 5. The van der Waals surface area contributed by atoms with Crippen molar-refractivity contribution < 1.29 is 39.6 Å². The highest BCUT2D eigenvalue weighted by molar-refractivity contribution is 5.83. The molecule has 0 aromatic heterocycles. The van der Waals surface area contributed by atoms with Crippen LogP contribution in [0, 0.1) is 0 Å². The Morgan fingerprint density at radius 1 is 0.595 bits per heavy atom. The molecule has 14 nitrogen and oxygen atoms in total. The maximum absolute atomic E-state index is 11.9. The van der Waals surface area contributed by atoms with Gasteiger partial charge in [0.2, 0.25) is 29.5 Å². The zero-order valence-corrected chi connectivity index (χ0v) is 21.8. The number of nitrogens with zero attached hydrogens (tertiary/aromatic N) is 3. The standard InChI is InChI=1S/C23H44N6O8/c1-19(30)27(35)16-7-4-14-25-20(31)10-12-23(34)29(37)18-8-5-15-26-21(32)9-11-22(33)28(36)17-6-2-3-13-24/h35-37H,2-18,24H2,1H3,(H,25,31)(H,26,32). The minimum atomic E-state index is -0.591. The van der Waals surface area contributed by atoms with Gasteiger partial charge in [-0.15, -0.1) is 0 Å². The molecule has 7 N–H and O–H groups in total. The number of unbranched alkanes of at least 4 members (excludes halogenated alkanes) is 4. The third kappa shape index (κ3) is 19.0. The molecule has 0 aliphatic carbocycles.